The summed E-state index contributed by atoms with van der Waals surface area (Å²) in [6.45, 7) is 1.97. The van der Waals surface area contributed by atoms with Crippen LogP contribution in [0.2, 0.25) is 0 Å². The highest BCUT2D eigenvalue weighted by atomic mass is 16.5. The highest BCUT2D eigenvalue weighted by Crippen LogP contribution is 2.34. The van der Waals surface area contributed by atoms with Crippen molar-refractivity contribution in [2.45, 2.75) is 51.1 Å². The molecule has 1 aliphatic heterocycles. The van der Waals surface area contributed by atoms with E-state index in [1.165, 1.54) is 49.3 Å². The van der Waals surface area contributed by atoms with Gasteiger partial charge >= 0.3 is 0 Å². The van der Waals surface area contributed by atoms with E-state index in [1.54, 1.807) is 7.11 Å². The lowest BCUT2D eigenvalue weighted by molar-refractivity contribution is 0.233. The third-order valence-corrected chi connectivity index (χ3v) is 5.46. The average Bonchev–Trinajstić information content (AvgIpc) is 3.20. The maximum Gasteiger partial charge on any atom is 0.126 e. The predicted octanol–water partition coefficient (Wildman–Crippen LogP) is 3.04. The second-order valence-electron chi connectivity index (χ2n) is 6.95. The number of pyridine rings is 1. The SMILES string of the molecule is COc1ccnc(CN2CCC[C@@H]2c2nc3c(n2C)CCCC3)c1. The van der Waals surface area contributed by atoms with Crippen LogP contribution in [0.15, 0.2) is 18.3 Å². The number of aryl methyl sites for hydroxylation is 1. The Bertz CT molecular complexity index is 724. The van der Waals surface area contributed by atoms with Gasteiger partial charge in [0.25, 0.3) is 0 Å². The molecule has 3 heterocycles. The number of nitrogens with zero attached hydrogens (tertiary/aromatic N) is 4. The molecule has 1 aliphatic carbocycles. The number of hydrogen-bond donors (Lipinski definition) is 0. The van der Waals surface area contributed by atoms with Crippen LogP contribution in [0.25, 0.3) is 0 Å². The molecule has 1 atom stereocenters. The molecule has 1 saturated heterocycles. The maximum atomic E-state index is 5.33. The van der Waals surface area contributed by atoms with Gasteiger partial charge < -0.3 is 9.30 Å². The smallest absolute Gasteiger partial charge is 0.126 e. The first kappa shape index (κ1) is 15.6. The van der Waals surface area contributed by atoms with Crippen molar-refractivity contribution in [2.75, 3.05) is 13.7 Å². The fraction of sp³-hybridized carbons (Fsp3) is 0.579. The molecule has 0 N–H and O–H groups in total. The summed E-state index contributed by atoms with van der Waals surface area (Å²) in [5, 5.41) is 0. The number of methoxy groups -OCH3 is 1. The molecule has 0 saturated carbocycles. The van der Waals surface area contributed by atoms with E-state index in [0.717, 1.165) is 31.0 Å². The average molecular weight is 326 g/mol. The summed E-state index contributed by atoms with van der Waals surface area (Å²) in [5.74, 6) is 2.13. The monoisotopic (exact) mass is 326 g/mol. The Hall–Kier alpha value is -1.88. The van der Waals surface area contributed by atoms with Gasteiger partial charge in [-0.15, -0.1) is 0 Å². The zero-order valence-electron chi connectivity index (χ0n) is 14.7. The van der Waals surface area contributed by atoms with Crippen molar-refractivity contribution in [3.8, 4) is 5.75 Å². The molecule has 5 nitrogen and oxygen atoms in total. The second kappa shape index (κ2) is 6.55. The zero-order valence-corrected chi connectivity index (χ0v) is 14.7. The first-order chi connectivity index (χ1) is 11.8. The van der Waals surface area contributed by atoms with Crippen molar-refractivity contribution in [1.29, 1.82) is 0 Å². The fourth-order valence-corrected chi connectivity index (χ4v) is 4.19. The molecule has 0 amide bonds. The summed E-state index contributed by atoms with van der Waals surface area (Å²) in [5.41, 5.74) is 3.87. The van der Waals surface area contributed by atoms with E-state index >= 15 is 0 Å². The summed E-state index contributed by atoms with van der Waals surface area (Å²) >= 11 is 0. The van der Waals surface area contributed by atoms with Gasteiger partial charge in [0.15, 0.2) is 0 Å². The standard InChI is InChI=1S/C19H26N4O/c1-22-17-7-4-3-6-16(17)21-19(22)18-8-5-11-23(18)13-14-12-15(24-2)9-10-20-14/h9-10,12,18H,3-8,11,13H2,1-2H3/t18-/m1/s1. The molecule has 4 rings (SSSR count). The fourth-order valence-electron chi connectivity index (χ4n) is 4.19. The van der Waals surface area contributed by atoms with Gasteiger partial charge in [-0.05, 0) is 51.1 Å². The van der Waals surface area contributed by atoms with Crippen LogP contribution in [0.5, 0.6) is 5.75 Å². The molecule has 24 heavy (non-hydrogen) atoms. The largest absolute Gasteiger partial charge is 0.497 e. The summed E-state index contributed by atoms with van der Waals surface area (Å²) in [4.78, 5) is 12.1. The van der Waals surface area contributed by atoms with Crippen molar-refractivity contribution in [3.63, 3.8) is 0 Å². The lowest BCUT2D eigenvalue weighted by Crippen LogP contribution is -2.25. The van der Waals surface area contributed by atoms with Crippen LogP contribution < -0.4 is 4.74 Å². The number of likely N-dealkylation sites (tertiary alicyclic amines) is 1. The van der Waals surface area contributed by atoms with Gasteiger partial charge in [0.2, 0.25) is 0 Å². The Balaban J connectivity index is 1.57. The molecule has 0 bridgehead atoms. The number of ether oxygens (including phenoxy) is 1. The van der Waals surface area contributed by atoms with E-state index in [2.05, 4.69) is 21.5 Å². The van der Waals surface area contributed by atoms with Gasteiger partial charge in [-0.2, -0.15) is 0 Å². The molecule has 1 fully saturated rings. The number of rotatable bonds is 4. The third kappa shape index (κ3) is 2.81. The lowest BCUT2D eigenvalue weighted by atomic mass is 10.0. The van der Waals surface area contributed by atoms with E-state index < -0.39 is 0 Å². The van der Waals surface area contributed by atoms with Crippen LogP contribution in [0.1, 0.15) is 54.6 Å². The minimum Gasteiger partial charge on any atom is -0.497 e. The van der Waals surface area contributed by atoms with Crippen molar-refractivity contribution in [2.24, 2.45) is 7.05 Å². The minimum absolute atomic E-state index is 0.411. The molecule has 128 valence electrons. The Kier molecular flexibility index (Phi) is 4.27. The van der Waals surface area contributed by atoms with E-state index in [1.807, 2.05) is 18.3 Å². The third-order valence-electron chi connectivity index (χ3n) is 5.46. The van der Waals surface area contributed by atoms with E-state index in [9.17, 15) is 0 Å². The number of fused-ring (bicyclic) bond motifs is 1. The van der Waals surface area contributed by atoms with Crippen molar-refractivity contribution < 1.29 is 4.74 Å². The first-order valence-electron chi connectivity index (χ1n) is 9.03. The van der Waals surface area contributed by atoms with Crippen LogP contribution in [0, 0.1) is 0 Å². The van der Waals surface area contributed by atoms with Gasteiger partial charge in [-0.1, -0.05) is 0 Å². The first-order valence-corrected chi connectivity index (χ1v) is 9.03. The molecular formula is C19H26N4O. The van der Waals surface area contributed by atoms with E-state index in [4.69, 9.17) is 9.72 Å². The lowest BCUT2D eigenvalue weighted by Gasteiger charge is -2.24. The van der Waals surface area contributed by atoms with E-state index in [0.29, 0.717) is 6.04 Å². The Morgan fingerprint density at radius 1 is 1.25 bits per heavy atom. The molecule has 5 heteroatoms. The Labute approximate surface area is 143 Å². The van der Waals surface area contributed by atoms with Crippen molar-refractivity contribution >= 4 is 0 Å². The quantitative estimate of drug-likeness (QED) is 0.866. The summed E-state index contributed by atoms with van der Waals surface area (Å²) < 4.78 is 7.70. The molecular weight excluding hydrogens is 300 g/mol. The van der Waals surface area contributed by atoms with E-state index in [-0.39, 0.29) is 0 Å². The van der Waals surface area contributed by atoms with Crippen LogP contribution in [0.4, 0.5) is 0 Å². The summed E-state index contributed by atoms with van der Waals surface area (Å²) in [6.07, 6.45) is 9.16. The van der Waals surface area contributed by atoms with Gasteiger partial charge in [-0.3, -0.25) is 9.88 Å². The summed E-state index contributed by atoms with van der Waals surface area (Å²) in [6, 6.07) is 4.35. The molecule has 0 radical (unpaired) electrons. The second-order valence-corrected chi connectivity index (χ2v) is 6.95. The van der Waals surface area contributed by atoms with Crippen LogP contribution in [-0.2, 0) is 26.4 Å². The van der Waals surface area contributed by atoms with Gasteiger partial charge in [0.05, 0.1) is 24.5 Å². The van der Waals surface area contributed by atoms with Gasteiger partial charge in [-0.25, -0.2) is 4.98 Å². The van der Waals surface area contributed by atoms with Crippen molar-refractivity contribution in [1.82, 2.24) is 19.4 Å². The highest BCUT2D eigenvalue weighted by molar-refractivity contribution is 5.24. The van der Waals surface area contributed by atoms with Crippen LogP contribution in [-0.4, -0.2) is 33.1 Å². The summed E-state index contributed by atoms with van der Waals surface area (Å²) in [7, 11) is 3.91. The molecule has 0 spiro atoms. The molecule has 2 aromatic heterocycles. The number of hydrogen-bond acceptors (Lipinski definition) is 4. The van der Waals surface area contributed by atoms with Crippen molar-refractivity contribution in [3.05, 3.63) is 41.2 Å². The maximum absolute atomic E-state index is 5.33. The Morgan fingerprint density at radius 2 is 2.12 bits per heavy atom. The predicted molar refractivity (Wildman–Crippen MR) is 93.0 cm³/mol. The van der Waals surface area contributed by atoms with Gasteiger partial charge in [0.1, 0.15) is 11.6 Å². The molecule has 2 aromatic rings. The number of imidazole rings is 1. The molecule has 0 unspecified atom stereocenters. The van der Waals surface area contributed by atoms with Crippen LogP contribution >= 0.6 is 0 Å². The highest BCUT2D eigenvalue weighted by Gasteiger charge is 2.31. The number of aromatic nitrogens is 3. The molecule has 0 aromatic carbocycles. The normalized spacial score (nSPS) is 21.0. The Morgan fingerprint density at radius 3 is 2.96 bits per heavy atom. The van der Waals surface area contributed by atoms with Gasteiger partial charge in [0, 0.05) is 31.5 Å². The molecule has 2 aliphatic rings. The topological polar surface area (TPSA) is 43.2 Å². The van der Waals surface area contributed by atoms with Crippen LogP contribution in [0.3, 0.4) is 0 Å². The zero-order chi connectivity index (χ0) is 16.5. The minimum atomic E-state index is 0.411.